The lowest BCUT2D eigenvalue weighted by atomic mass is 10.1. The molecule has 3 heteroatoms. The van der Waals surface area contributed by atoms with E-state index in [0.29, 0.717) is 5.37 Å². The van der Waals surface area contributed by atoms with E-state index in [-0.39, 0.29) is 6.04 Å². The van der Waals surface area contributed by atoms with Gasteiger partial charge in [0, 0.05) is 5.75 Å². The maximum atomic E-state index is 8.72. The number of thioether (sulfide) groups is 1. The molecule has 2 rings (SSSR count). The van der Waals surface area contributed by atoms with Gasteiger partial charge in [-0.15, -0.1) is 11.8 Å². The Bertz CT molecular complexity index is 331. The zero-order valence-electron chi connectivity index (χ0n) is 7.81. The average Bonchev–Trinajstić information content (AvgIpc) is 2.67. The molecule has 1 N–H and O–H groups in total. The van der Waals surface area contributed by atoms with Gasteiger partial charge in [0.1, 0.15) is 6.04 Å². The predicted molar refractivity (Wildman–Crippen MR) is 58.9 cm³/mol. The minimum Gasteiger partial charge on any atom is -0.289 e. The van der Waals surface area contributed by atoms with Crippen molar-refractivity contribution in [1.29, 1.82) is 5.26 Å². The van der Waals surface area contributed by atoms with Crippen LogP contribution in [0.2, 0.25) is 0 Å². The van der Waals surface area contributed by atoms with E-state index < -0.39 is 0 Å². The Morgan fingerprint density at radius 3 is 2.86 bits per heavy atom. The van der Waals surface area contributed by atoms with E-state index in [1.165, 1.54) is 5.56 Å². The summed E-state index contributed by atoms with van der Waals surface area (Å²) in [6.07, 6.45) is 1.00. The van der Waals surface area contributed by atoms with Crippen molar-refractivity contribution in [2.24, 2.45) is 0 Å². The van der Waals surface area contributed by atoms with E-state index in [0.717, 1.165) is 12.2 Å². The first kappa shape index (κ1) is 9.57. The SMILES string of the molecule is N#CC1CSC(Cc2ccccc2)N1. The summed E-state index contributed by atoms with van der Waals surface area (Å²) in [7, 11) is 0. The van der Waals surface area contributed by atoms with Crippen molar-refractivity contribution in [2.45, 2.75) is 17.8 Å². The minimum atomic E-state index is 0.0358. The van der Waals surface area contributed by atoms with Crippen molar-refractivity contribution in [2.75, 3.05) is 5.75 Å². The molecule has 72 valence electrons. The van der Waals surface area contributed by atoms with Gasteiger partial charge in [0.2, 0.25) is 0 Å². The standard InChI is InChI=1S/C11H12N2S/c12-7-10-8-14-11(13-10)6-9-4-2-1-3-5-9/h1-5,10-11,13H,6,8H2. The molecule has 0 aliphatic carbocycles. The molecule has 1 saturated heterocycles. The molecular formula is C11H12N2S. The number of nitriles is 1. The molecule has 14 heavy (non-hydrogen) atoms. The summed E-state index contributed by atoms with van der Waals surface area (Å²) in [5, 5.41) is 12.4. The van der Waals surface area contributed by atoms with Crippen molar-refractivity contribution >= 4 is 11.8 Å². The van der Waals surface area contributed by atoms with E-state index in [9.17, 15) is 0 Å². The highest BCUT2D eigenvalue weighted by molar-refractivity contribution is 8.00. The van der Waals surface area contributed by atoms with Crippen LogP contribution in [-0.2, 0) is 6.42 Å². The summed E-state index contributed by atoms with van der Waals surface area (Å²) in [5.74, 6) is 0.911. The quantitative estimate of drug-likeness (QED) is 0.797. The lowest BCUT2D eigenvalue weighted by molar-refractivity contribution is 0.643. The van der Waals surface area contributed by atoms with Gasteiger partial charge in [0.15, 0.2) is 0 Å². The van der Waals surface area contributed by atoms with Crippen LogP contribution in [0.3, 0.4) is 0 Å². The summed E-state index contributed by atoms with van der Waals surface area (Å²) in [6, 6.07) is 12.7. The average molecular weight is 204 g/mol. The number of benzene rings is 1. The summed E-state index contributed by atoms with van der Waals surface area (Å²) < 4.78 is 0. The topological polar surface area (TPSA) is 35.8 Å². The molecule has 1 fully saturated rings. The van der Waals surface area contributed by atoms with E-state index in [1.54, 1.807) is 0 Å². The first-order valence-corrected chi connectivity index (χ1v) is 5.74. The minimum absolute atomic E-state index is 0.0358. The van der Waals surface area contributed by atoms with Crippen molar-refractivity contribution < 1.29 is 0 Å². The second kappa shape index (κ2) is 4.50. The molecule has 1 aromatic carbocycles. The fraction of sp³-hybridized carbons (Fsp3) is 0.364. The molecule has 0 aromatic heterocycles. The van der Waals surface area contributed by atoms with Crippen molar-refractivity contribution in [1.82, 2.24) is 5.32 Å². The second-order valence-corrected chi connectivity index (χ2v) is 4.60. The Morgan fingerprint density at radius 2 is 2.21 bits per heavy atom. The van der Waals surface area contributed by atoms with Gasteiger partial charge < -0.3 is 0 Å². The largest absolute Gasteiger partial charge is 0.289 e. The molecule has 0 radical (unpaired) electrons. The number of rotatable bonds is 2. The monoisotopic (exact) mass is 204 g/mol. The molecule has 2 atom stereocenters. The van der Waals surface area contributed by atoms with Crippen LogP contribution in [0.4, 0.5) is 0 Å². The molecule has 2 nitrogen and oxygen atoms in total. The van der Waals surface area contributed by atoms with Gasteiger partial charge in [-0.2, -0.15) is 5.26 Å². The van der Waals surface area contributed by atoms with Gasteiger partial charge in [-0.1, -0.05) is 30.3 Å². The summed E-state index contributed by atoms with van der Waals surface area (Å²) in [5.41, 5.74) is 1.33. The molecule has 0 amide bonds. The lowest BCUT2D eigenvalue weighted by Crippen LogP contribution is -2.29. The first-order valence-electron chi connectivity index (χ1n) is 4.69. The lowest BCUT2D eigenvalue weighted by Gasteiger charge is -2.09. The summed E-state index contributed by atoms with van der Waals surface area (Å²) >= 11 is 1.84. The van der Waals surface area contributed by atoms with Crippen LogP contribution >= 0.6 is 11.8 Å². The van der Waals surface area contributed by atoms with Gasteiger partial charge in [-0.05, 0) is 12.0 Å². The Kier molecular flexibility index (Phi) is 3.07. The van der Waals surface area contributed by atoms with Crippen LogP contribution in [0, 0.1) is 11.3 Å². The molecule has 0 spiro atoms. The third-order valence-corrected chi connectivity index (χ3v) is 3.50. The molecular weight excluding hydrogens is 192 g/mol. The number of hydrogen-bond donors (Lipinski definition) is 1. The third-order valence-electron chi connectivity index (χ3n) is 2.27. The Morgan fingerprint density at radius 1 is 1.43 bits per heavy atom. The molecule has 2 unspecified atom stereocenters. The maximum Gasteiger partial charge on any atom is 0.105 e. The Balaban J connectivity index is 1.91. The predicted octanol–water partition coefficient (Wildman–Crippen LogP) is 1.78. The number of nitrogens with zero attached hydrogens (tertiary/aromatic N) is 1. The van der Waals surface area contributed by atoms with Crippen LogP contribution in [0.25, 0.3) is 0 Å². The fourth-order valence-electron chi connectivity index (χ4n) is 1.55. The van der Waals surface area contributed by atoms with E-state index >= 15 is 0 Å². The number of nitrogens with one attached hydrogen (secondary N) is 1. The van der Waals surface area contributed by atoms with Gasteiger partial charge in [-0.25, -0.2) is 0 Å². The highest BCUT2D eigenvalue weighted by atomic mass is 32.2. The second-order valence-electron chi connectivity index (χ2n) is 3.36. The van der Waals surface area contributed by atoms with Gasteiger partial charge in [0.05, 0.1) is 11.4 Å². The summed E-state index contributed by atoms with van der Waals surface area (Å²) in [4.78, 5) is 0. The highest BCUT2D eigenvalue weighted by Crippen LogP contribution is 2.21. The van der Waals surface area contributed by atoms with Crippen LogP contribution in [-0.4, -0.2) is 17.2 Å². The first-order chi connectivity index (χ1) is 6.88. The van der Waals surface area contributed by atoms with Crippen LogP contribution in [0.15, 0.2) is 30.3 Å². The molecule has 1 aliphatic heterocycles. The molecule has 1 aromatic rings. The van der Waals surface area contributed by atoms with Crippen molar-refractivity contribution in [3.8, 4) is 6.07 Å². The third kappa shape index (κ3) is 2.28. The van der Waals surface area contributed by atoms with E-state index in [4.69, 9.17) is 5.26 Å². The molecule has 1 heterocycles. The van der Waals surface area contributed by atoms with Crippen LogP contribution in [0.1, 0.15) is 5.56 Å². The molecule has 0 bridgehead atoms. The molecule has 0 saturated carbocycles. The van der Waals surface area contributed by atoms with Crippen LogP contribution < -0.4 is 5.32 Å². The van der Waals surface area contributed by atoms with Gasteiger partial charge in [0.25, 0.3) is 0 Å². The highest BCUT2D eigenvalue weighted by Gasteiger charge is 2.23. The summed E-state index contributed by atoms with van der Waals surface area (Å²) in [6.45, 7) is 0. The van der Waals surface area contributed by atoms with E-state index in [2.05, 4.69) is 35.7 Å². The van der Waals surface area contributed by atoms with Gasteiger partial charge >= 0.3 is 0 Å². The Hall–Kier alpha value is -0.980. The maximum absolute atomic E-state index is 8.72. The van der Waals surface area contributed by atoms with Crippen LogP contribution in [0.5, 0.6) is 0 Å². The zero-order chi connectivity index (χ0) is 9.80. The van der Waals surface area contributed by atoms with Crippen molar-refractivity contribution in [3.05, 3.63) is 35.9 Å². The van der Waals surface area contributed by atoms with Crippen molar-refractivity contribution in [3.63, 3.8) is 0 Å². The molecule has 1 aliphatic rings. The fourth-order valence-corrected chi connectivity index (χ4v) is 2.72. The Labute approximate surface area is 88.3 Å². The van der Waals surface area contributed by atoms with Gasteiger partial charge in [-0.3, -0.25) is 5.32 Å². The normalized spacial score (nSPS) is 25.9. The number of hydrogen-bond acceptors (Lipinski definition) is 3. The zero-order valence-corrected chi connectivity index (χ0v) is 8.63. The smallest absolute Gasteiger partial charge is 0.105 e. The van der Waals surface area contributed by atoms with E-state index in [1.807, 2.05) is 17.8 Å².